The van der Waals surface area contributed by atoms with Crippen molar-refractivity contribution in [1.29, 1.82) is 5.26 Å². The zero-order valence-electron chi connectivity index (χ0n) is 8.66. The van der Waals surface area contributed by atoms with Crippen molar-refractivity contribution in [2.24, 2.45) is 0 Å². The third kappa shape index (κ3) is 1.69. The minimum atomic E-state index is -1.20. The summed E-state index contributed by atoms with van der Waals surface area (Å²) >= 11 is 0. The van der Waals surface area contributed by atoms with E-state index in [0.717, 1.165) is 16.9 Å². The van der Waals surface area contributed by atoms with E-state index in [4.69, 9.17) is 10.00 Å². The van der Waals surface area contributed by atoms with Crippen molar-refractivity contribution in [1.82, 2.24) is 0 Å². The van der Waals surface area contributed by atoms with E-state index in [1.165, 1.54) is 0 Å². The molecule has 1 unspecified atom stereocenters. The minimum Gasteiger partial charge on any atom is -0.496 e. The lowest BCUT2D eigenvalue weighted by Crippen LogP contribution is -2.34. The number of aliphatic hydroxyl groups is 1. The van der Waals surface area contributed by atoms with Gasteiger partial charge in [0.2, 0.25) is 0 Å². The predicted molar refractivity (Wildman–Crippen MR) is 55.6 cm³/mol. The molecule has 0 aliphatic heterocycles. The molecule has 78 valence electrons. The molecule has 1 aliphatic carbocycles. The number of rotatable bonds is 1. The third-order valence-corrected chi connectivity index (χ3v) is 2.93. The maximum absolute atomic E-state index is 9.89. The van der Waals surface area contributed by atoms with Crippen molar-refractivity contribution in [3.63, 3.8) is 0 Å². The van der Waals surface area contributed by atoms with Gasteiger partial charge >= 0.3 is 0 Å². The summed E-state index contributed by atoms with van der Waals surface area (Å²) in [5, 5.41) is 18.8. The van der Waals surface area contributed by atoms with Gasteiger partial charge in [0, 0.05) is 6.42 Å². The number of benzene rings is 1. The molecule has 1 N–H and O–H groups in total. The van der Waals surface area contributed by atoms with Crippen molar-refractivity contribution in [3.05, 3.63) is 29.3 Å². The van der Waals surface area contributed by atoms with E-state index in [9.17, 15) is 5.11 Å². The smallest absolute Gasteiger partial charge is 0.155 e. The third-order valence-electron chi connectivity index (χ3n) is 2.93. The van der Waals surface area contributed by atoms with Crippen LogP contribution in [0.1, 0.15) is 17.5 Å². The predicted octanol–water partition coefficient (Wildman–Crippen LogP) is 1.44. The fourth-order valence-electron chi connectivity index (χ4n) is 2.08. The van der Waals surface area contributed by atoms with Crippen LogP contribution in [-0.2, 0) is 12.8 Å². The van der Waals surface area contributed by atoms with Gasteiger partial charge in [0.1, 0.15) is 5.75 Å². The maximum Gasteiger partial charge on any atom is 0.155 e. The Bertz CT molecular complexity index is 422. The van der Waals surface area contributed by atoms with E-state index >= 15 is 0 Å². The molecule has 1 atom stereocenters. The molecule has 0 aromatic heterocycles. The lowest BCUT2D eigenvalue weighted by atomic mass is 9.81. The fraction of sp³-hybridized carbons (Fsp3) is 0.417. The van der Waals surface area contributed by atoms with Crippen LogP contribution in [0, 0.1) is 11.3 Å². The molecule has 1 aromatic carbocycles. The molecular weight excluding hydrogens is 190 g/mol. The van der Waals surface area contributed by atoms with E-state index in [1.54, 1.807) is 7.11 Å². The van der Waals surface area contributed by atoms with E-state index in [2.05, 4.69) is 0 Å². The minimum absolute atomic E-state index is 0.399. The second kappa shape index (κ2) is 3.56. The number of ether oxygens (including phenoxy) is 1. The molecule has 0 fully saturated rings. The highest BCUT2D eigenvalue weighted by Gasteiger charge is 2.32. The molecule has 2 rings (SSSR count). The van der Waals surface area contributed by atoms with Gasteiger partial charge in [-0.15, -0.1) is 0 Å². The van der Waals surface area contributed by atoms with E-state index in [1.807, 2.05) is 24.3 Å². The van der Waals surface area contributed by atoms with Crippen molar-refractivity contribution in [2.75, 3.05) is 7.11 Å². The second-order valence-electron chi connectivity index (χ2n) is 3.92. The van der Waals surface area contributed by atoms with Crippen LogP contribution in [0.5, 0.6) is 5.75 Å². The summed E-state index contributed by atoms with van der Waals surface area (Å²) in [5.41, 5.74) is 0.948. The molecule has 0 saturated heterocycles. The van der Waals surface area contributed by atoms with Crippen molar-refractivity contribution in [2.45, 2.75) is 24.9 Å². The molecule has 0 radical (unpaired) electrons. The van der Waals surface area contributed by atoms with Gasteiger partial charge in [-0.05, 0) is 30.0 Å². The Balaban J connectivity index is 2.41. The largest absolute Gasteiger partial charge is 0.496 e. The number of nitriles is 1. The average molecular weight is 203 g/mol. The fourth-order valence-corrected chi connectivity index (χ4v) is 2.08. The van der Waals surface area contributed by atoms with Gasteiger partial charge in [0.15, 0.2) is 5.60 Å². The molecule has 0 heterocycles. The van der Waals surface area contributed by atoms with E-state index < -0.39 is 5.60 Å². The molecular formula is C12H13NO2. The Morgan fingerprint density at radius 3 is 3.00 bits per heavy atom. The zero-order valence-corrected chi connectivity index (χ0v) is 8.66. The normalized spacial score (nSPS) is 24.1. The SMILES string of the molecule is COc1cccc2c1CCC(O)(C#N)C2. The summed E-state index contributed by atoms with van der Waals surface area (Å²) in [5.74, 6) is 0.854. The Hall–Kier alpha value is -1.53. The highest BCUT2D eigenvalue weighted by atomic mass is 16.5. The molecule has 1 aliphatic rings. The number of hydrogen-bond acceptors (Lipinski definition) is 3. The van der Waals surface area contributed by atoms with Gasteiger partial charge in [-0.25, -0.2) is 0 Å². The molecule has 3 nitrogen and oxygen atoms in total. The first-order valence-electron chi connectivity index (χ1n) is 4.97. The summed E-state index contributed by atoms with van der Waals surface area (Å²) in [4.78, 5) is 0. The van der Waals surface area contributed by atoms with Gasteiger partial charge in [-0.2, -0.15) is 5.26 Å². The standard InChI is InChI=1S/C12H13NO2/c1-15-11-4-2-3-9-7-12(14,8-13)6-5-10(9)11/h2-4,14H,5-7H2,1H3. The number of methoxy groups -OCH3 is 1. The first kappa shape index (κ1) is 10.0. The summed E-state index contributed by atoms with van der Waals surface area (Å²) in [6.45, 7) is 0. The van der Waals surface area contributed by atoms with Gasteiger partial charge in [-0.3, -0.25) is 0 Å². The summed E-state index contributed by atoms with van der Waals surface area (Å²) < 4.78 is 5.25. The van der Waals surface area contributed by atoms with E-state index in [0.29, 0.717) is 19.3 Å². The maximum atomic E-state index is 9.89. The summed E-state index contributed by atoms with van der Waals surface area (Å²) in [6.07, 6.45) is 1.58. The number of fused-ring (bicyclic) bond motifs is 1. The quantitative estimate of drug-likeness (QED) is 0.702. The molecule has 0 amide bonds. The van der Waals surface area contributed by atoms with Crippen molar-refractivity contribution >= 4 is 0 Å². The average Bonchev–Trinajstić information content (AvgIpc) is 2.28. The molecule has 3 heteroatoms. The monoisotopic (exact) mass is 203 g/mol. The molecule has 1 aromatic rings. The molecule has 0 spiro atoms. The van der Waals surface area contributed by atoms with Crippen LogP contribution in [-0.4, -0.2) is 17.8 Å². The number of hydrogen-bond donors (Lipinski definition) is 1. The first-order chi connectivity index (χ1) is 7.18. The molecule has 15 heavy (non-hydrogen) atoms. The number of nitrogens with zero attached hydrogens (tertiary/aromatic N) is 1. The van der Waals surface area contributed by atoms with Crippen LogP contribution in [0.4, 0.5) is 0 Å². The van der Waals surface area contributed by atoms with Crippen LogP contribution in [0.2, 0.25) is 0 Å². The van der Waals surface area contributed by atoms with E-state index in [-0.39, 0.29) is 0 Å². The Kier molecular flexibility index (Phi) is 2.37. The van der Waals surface area contributed by atoms with Crippen LogP contribution in [0.3, 0.4) is 0 Å². The zero-order chi connectivity index (χ0) is 10.9. The van der Waals surface area contributed by atoms with Gasteiger partial charge in [-0.1, -0.05) is 12.1 Å². The van der Waals surface area contributed by atoms with Gasteiger partial charge < -0.3 is 9.84 Å². The van der Waals surface area contributed by atoms with Crippen LogP contribution in [0.25, 0.3) is 0 Å². The lowest BCUT2D eigenvalue weighted by Gasteiger charge is -2.28. The highest BCUT2D eigenvalue weighted by molar-refractivity contribution is 5.43. The summed E-state index contributed by atoms with van der Waals surface area (Å²) in [6, 6.07) is 7.72. The van der Waals surface area contributed by atoms with Gasteiger partial charge in [0.05, 0.1) is 13.2 Å². The Labute approximate surface area is 88.9 Å². The second-order valence-corrected chi connectivity index (χ2v) is 3.92. The van der Waals surface area contributed by atoms with Crippen LogP contribution in [0.15, 0.2) is 18.2 Å². The lowest BCUT2D eigenvalue weighted by molar-refractivity contribution is 0.0836. The Morgan fingerprint density at radius 2 is 2.33 bits per heavy atom. The van der Waals surface area contributed by atoms with Gasteiger partial charge in [0.25, 0.3) is 0 Å². The van der Waals surface area contributed by atoms with Crippen molar-refractivity contribution in [3.8, 4) is 11.8 Å². The van der Waals surface area contributed by atoms with Crippen LogP contribution < -0.4 is 4.74 Å². The summed E-state index contributed by atoms with van der Waals surface area (Å²) in [7, 11) is 1.64. The topological polar surface area (TPSA) is 53.2 Å². The Morgan fingerprint density at radius 1 is 1.53 bits per heavy atom. The van der Waals surface area contributed by atoms with Crippen molar-refractivity contribution < 1.29 is 9.84 Å². The highest BCUT2D eigenvalue weighted by Crippen LogP contribution is 2.33. The first-order valence-corrected chi connectivity index (χ1v) is 4.97. The molecule has 0 saturated carbocycles. The molecule has 0 bridgehead atoms. The van der Waals surface area contributed by atoms with Crippen LogP contribution >= 0.6 is 0 Å².